The standard InChI is InChI=1S/C22H17ClN2S/c23-19-11-13-20(14-12-19)24-22-25(15-17-7-3-1-4-8-17)21(16-26-22)18-9-5-2-6-10-18/h1-14,16H,15H2. The van der Waals surface area contributed by atoms with E-state index in [4.69, 9.17) is 16.6 Å². The maximum absolute atomic E-state index is 5.99. The van der Waals surface area contributed by atoms with Gasteiger partial charge in [0.1, 0.15) is 0 Å². The molecule has 4 rings (SSSR count). The van der Waals surface area contributed by atoms with Gasteiger partial charge in [-0.05, 0) is 35.4 Å². The second-order valence-electron chi connectivity index (χ2n) is 5.93. The highest BCUT2D eigenvalue weighted by Gasteiger charge is 2.08. The van der Waals surface area contributed by atoms with Crippen molar-refractivity contribution >= 4 is 28.6 Å². The lowest BCUT2D eigenvalue weighted by Crippen LogP contribution is -2.16. The van der Waals surface area contributed by atoms with Gasteiger partial charge in [-0.25, -0.2) is 4.99 Å². The third-order valence-corrected chi connectivity index (χ3v) is 5.22. The Kier molecular flexibility index (Phi) is 5.00. The minimum atomic E-state index is 0.720. The van der Waals surface area contributed by atoms with Crippen LogP contribution in [-0.2, 0) is 6.54 Å². The van der Waals surface area contributed by atoms with E-state index in [2.05, 4.69) is 58.5 Å². The van der Waals surface area contributed by atoms with Crippen LogP contribution >= 0.6 is 22.9 Å². The molecule has 0 atom stereocenters. The van der Waals surface area contributed by atoms with E-state index in [0.717, 1.165) is 22.1 Å². The van der Waals surface area contributed by atoms with Gasteiger partial charge in [0.05, 0.1) is 17.9 Å². The monoisotopic (exact) mass is 376 g/mol. The van der Waals surface area contributed by atoms with E-state index in [-0.39, 0.29) is 0 Å². The molecule has 2 nitrogen and oxygen atoms in total. The zero-order valence-corrected chi connectivity index (χ0v) is 15.6. The van der Waals surface area contributed by atoms with Gasteiger partial charge >= 0.3 is 0 Å². The van der Waals surface area contributed by atoms with E-state index in [1.807, 2.05) is 36.4 Å². The van der Waals surface area contributed by atoms with Crippen molar-refractivity contribution in [3.8, 4) is 11.3 Å². The topological polar surface area (TPSA) is 17.3 Å². The lowest BCUT2D eigenvalue weighted by molar-refractivity contribution is 0.778. The predicted molar refractivity (Wildman–Crippen MR) is 110 cm³/mol. The summed E-state index contributed by atoms with van der Waals surface area (Å²) < 4.78 is 2.27. The van der Waals surface area contributed by atoms with Crippen LogP contribution < -0.4 is 4.80 Å². The Morgan fingerprint density at radius 1 is 0.808 bits per heavy atom. The molecule has 4 aromatic rings. The lowest BCUT2D eigenvalue weighted by Gasteiger charge is -2.09. The predicted octanol–water partition coefficient (Wildman–Crippen LogP) is 6.15. The summed E-state index contributed by atoms with van der Waals surface area (Å²) in [6.45, 7) is 0.779. The van der Waals surface area contributed by atoms with Gasteiger partial charge in [0.15, 0.2) is 4.80 Å². The summed E-state index contributed by atoms with van der Waals surface area (Å²) in [6, 6.07) is 28.5. The van der Waals surface area contributed by atoms with E-state index in [9.17, 15) is 0 Å². The molecule has 1 heterocycles. The van der Waals surface area contributed by atoms with E-state index < -0.39 is 0 Å². The highest BCUT2D eigenvalue weighted by molar-refractivity contribution is 7.07. The van der Waals surface area contributed by atoms with Crippen LogP contribution in [0.5, 0.6) is 0 Å². The summed E-state index contributed by atoms with van der Waals surface area (Å²) >= 11 is 7.65. The van der Waals surface area contributed by atoms with Gasteiger partial charge in [-0.2, -0.15) is 0 Å². The van der Waals surface area contributed by atoms with E-state index in [1.165, 1.54) is 16.8 Å². The average molecular weight is 377 g/mol. The van der Waals surface area contributed by atoms with E-state index in [1.54, 1.807) is 11.3 Å². The van der Waals surface area contributed by atoms with Crippen molar-refractivity contribution in [2.45, 2.75) is 6.54 Å². The summed E-state index contributed by atoms with van der Waals surface area (Å²) in [5.74, 6) is 0. The third-order valence-electron chi connectivity index (χ3n) is 4.10. The van der Waals surface area contributed by atoms with Crippen molar-refractivity contribution in [1.29, 1.82) is 0 Å². The van der Waals surface area contributed by atoms with Crippen molar-refractivity contribution in [3.63, 3.8) is 0 Å². The van der Waals surface area contributed by atoms with Crippen molar-refractivity contribution in [3.05, 3.63) is 106 Å². The van der Waals surface area contributed by atoms with E-state index in [0.29, 0.717) is 0 Å². The normalized spacial score (nSPS) is 11.7. The second kappa shape index (κ2) is 7.73. The molecule has 0 unspecified atom stereocenters. The number of hydrogen-bond acceptors (Lipinski definition) is 2. The molecule has 0 aliphatic carbocycles. The summed E-state index contributed by atoms with van der Waals surface area (Å²) in [4.78, 5) is 5.81. The molecule has 0 aliphatic rings. The summed E-state index contributed by atoms with van der Waals surface area (Å²) in [5, 5.41) is 2.89. The van der Waals surface area contributed by atoms with Gasteiger partial charge in [0.25, 0.3) is 0 Å². The first-order valence-electron chi connectivity index (χ1n) is 8.37. The Balaban J connectivity index is 1.83. The molecular weight excluding hydrogens is 360 g/mol. The number of aromatic nitrogens is 1. The third kappa shape index (κ3) is 3.79. The Morgan fingerprint density at radius 3 is 2.15 bits per heavy atom. The number of nitrogens with zero attached hydrogens (tertiary/aromatic N) is 2. The Morgan fingerprint density at radius 2 is 1.46 bits per heavy atom. The number of thiazole rings is 1. The van der Waals surface area contributed by atoms with Crippen LogP contribution in [-0.4, -0.2) is 4.57 Å². The first kappa shape index (κ1) is 16.8. The van der Waals surface area contributed by atoms with Crippen LogP contribution in [0.1, 0.15) is 5.56 Å². The molecule has 0 radical (unpaired) electrons. The molecule has 0 amide bonds. The largest absolute Gasteiger partial charge is 0.312 e. The van der Waals surface area contributed by atoms with Gasteiger partial charge in [0, 0.05) is 10.4 Å². The minimum Gasteiger partial charge on any atom is -0.312 e. The number of hydrogen-bond donors (Lipinski definition) is 0. The molecule has 3 aromatic carbocycles. The number of rotatable bonds is 4. The van der Waals surface area contributed by atoms with E-state index >= 15 is 0 Å². The summed E-state index contributed by atoms with van der Waals surface area (Å²) in [6.07, 6.45) is 0. The lowest BCUT2D eigenvalue weighted by atomic mass is 10.1. The summed E-state index contributed by atoms with van der Waals surface area (Å²) in [5.41, 5.74) is 4.52. The Hall–Kier alpha value is -2.62. The second-order valence-corrected chi connectivity index (χ2v) is 7.20. The Bertz CT molecular complexity index is 1050. The minimum absolute atomic E-state index is 0.720. The molecule has 0 saturated heterocycles. The number of benzene rings is 3. The van der Waals surface area contributed by atoms with Crippen molar-refractivity contribution in [2.75, 3.05) is 0 Å². The van der Waals surface area contributed by atoms with Crippen LogP contribution in [0.4, 0.5) is 5.69 Å². The molecule has 128 valence electrons. The molecule has 4 heteroatoms. The molecule has 0 bridgehead atoms. The smallest absolute Gasteiger partial charge is 0.190 e. The van der Waals surface area contributed by atoms with Gasteiger partial charge in [-0.3, -0.25) is 0 Å². The first-order chi connectivity index (χ1) is 12.8. The van der Waals surface area contributed by atoms with Crippen LogP contribution in [0.2, 0.25) is 5.02 Å². The van der Waals surface area contributed by atoms with Crippen LogP contribution in [0.25, 0.3) is 11.3 Å². The summed E-state index contributed by atoms with van der Waals surface area (Å²) in [7, 11) is 0. The molecule has 0 aliphatic heterocycles. The zero-order valence-electron chi connectivity index (χ0n) is 14.0. The molecule has 0 fully saturated rings. The van der Waals surface area contributed by atoms with Crippen LogP contribution in [0.15, 0.2) is 95.3 Å². The zero-order chi connectivity index (χ0) is 17.8. The molecule has 0 saturated carbocycles. The molecule has 0 spiro atoms. The van der Waals surface area contributed by atoms with Crippen molar-refractivity contribution < 1.29 is 0 Å². The first-order valence-corrected chi connectivity index (χ1v) is 9.63. The average Bonchev–Trinajstić information content (AvgIpc) is 3.07. The van der Waals surface area contributed by atoms with Crippen LogP contribution in [0.3, 0.4) is 0 Å². The maximum Gasteiger partial charge on any atom is 0.190 e. The van der Waals surface area contributed by atoms with Gasteiger partial charge in [-0.1, -0.05) is 72.3 Å². The quantitative estimate of drug-likeness (QED) is 0.406. The van der Waals surface area contributed by atoms with Crippen molar-refractivity contribution in [1.82, 2.24) is 4.57 Å². The Labute approximate surface area is 161 Å². The molecule has 0 N–H and O–H groups in total. The van der Waals surface area contributed by atoms with Gasteiger partial charge < -0.3 is 4.57 Å². The fraction of sp³-hybridized carbons (Fsp3) is 0.0455. The van der Waals surface area contributed by atoms with Gasteiger partial charge in [-0.15, -0.1) is 11.3 Å². The molecular formula is C22H17ClN2S. The highest BCUT2D eigenvalue weighted by atomic mass is 35.5. The fourth-order valence-electron chi connectivity index (χ4n) is 2.80. The van der Waals surface area contributed by atoms with Gasteiger partial charge in [0.2, 0.25) is 0 Å². The SMILES string of the molecule is Clc1ccc(N=c2scc(-c3ccccc3)n2Cc2ccccc2)cc1. The fourth-order valence-corrected chi connectivity index (χ4v) is 3.86. The highest BCUT2D eigenvalue weighted by Crippen LogP contribution is 2.22. The van der Waals surface area contributed by atoms with Crippen molar-refractivity contribution in [2.24, 2.45) is 4.99 Å². The van der Waals surface area contributed by atoms with Crippen LogP contribution in [0, 0.1) is 0 Å². The molecule has 26 heavy (non-hydrogen) atoms. The number of halogens is 1. The molecule has 1 aromatic heterocycles. The maximum atomic E-state index is 5.99.